The fraction of sp³-hybridized carbons (Fsp3) is 0.588. The van der Waals surface area contributed by atoms with Crippen molar-refractivity contribution in [1.82, 2.24) is 10.2 Å². The third-order valence-electron chi connectivity index (χ3n) is 4.42. The molecule has 4 heteroatoms. The molecular formula is C17H27N3O. The van der Waals surface area contributed by atoms with Gasteiger partial charge < -0.3 is 10.6 Å². The molecule has 0 bridgehead atoms. The summed E-state index contributed by atoms with van der Waals surface area (Å²) in [5.41, 5.74) is 3.28. The molecule has 0 saturated carbocycles. The van der Waals surface area contributed by atoms with E-state index in [-0.39, 0.29) is 5.91 Å². The monoisotopic (exact) mass is 289 g/mol. The molecule has 0 aliphatic carbocycles. The number of likely N-dealkylation sites (N-methyl/N-ethyl adjacent to an activating group) is 1. The van der Waals surface area contributed by atoms with Gasteiger partial charge in [0.2, 0.25) is 5.91 Å². The minimum absolute atomic E-state index is 0.0797. The van der Waals surface area contributed by atoms with Crippen LogP contribution in [-0.2, 0) is 4.79 Å². The number of carbonyl (C=O) groups is 1. The first kappa shape index (κ1) is 16.0. The molecular weight excluding hydrogens is 262 g/mol. The molecule has 21 heavy (non-hydrogen) atoms. The fourth-order valence-corrected chi connectivity index (χ4v) is 2.90. The second-order valence-electron chi connectivity index (χ2n) is 5.86. The Balaban J connectivity index is 1.94. The molecule has 4 nitrogen and oxygen atoms in total. The summed E-state index contributed by atoms with van der Waals surface area (Å²) in [6.45, 7) is 9.71. The Kier molecular flexibility index (Phi) is 5.76. The second-order valence-corrected chi connectivity index (χ2v) is 5.86. The highest BCUT2D eigenvalue weighted by Crippen LogP contribution is 2.18. The predicted molar refractivity (Wildman–Crippen MR) is 87.7 cm³/mol. The molecule has 1 aliphatic heterocycles. The molecule has 1 fully saturated rings. The third-order valence-corrected chi connectivity index (χ3v) is 4.42. The van der Waals surface area contributed by atoms with E-state index in [0.29, 0.717) is 12.6 Å². The molecule has 0 aromatic heterocycles. The van der Waals surface area contributed by atoms with Crippen LogP contribution in [0.15, 0.2) is 18.2 Å². The molecule has 0 spiro atoms. The average Bonchev–Trinajstić information content (AvgIpc) is 2.50. The first-order chi connectivity index (χ1) is 10.1. The van der Waals surface area contributed by atoms with E-state index in [1.807, 2.05) is 19.1 Å². The van der Waals surface area contributed by atoms with Crippen molar-refractivity contribution in [3.8, 4) is 0 Å². The van der Waals surface area contributed by atoms with Crippen molar-refractivity contribution in [1.29, 1.82) is 0 Å². The van der Waals surface area contributed by atoms with Crippen LogP contribution in [0.3, 0.4) is 0 Å². The summed E-state index contributed by atoms with van der Waals surface area (Å²) in [5.74, 6) is 0.0797. The molecule has 2 rings (SSSR count). The summed E-state index contributed by atoms with van der Waals surface area (Å²) >= 11 is 0. The summed E-state index contributed by atoms with van der Waals surface area (Å²) < 4.78 is 0. The lowest BCUT2D eigenvalue weighted by molar-refractivity contribution is -0.117. The molecule has 1 aliphatic rings. The summed E-state index contributed by atoms with van der Waals surface area (Å²) in [6, 6.07) is 6.50. The Bertz CT molecular complexity index is 481. The molecule has 0 radical (unpaired) electrons. The van der Waals surface area contributed by atoms with Crippen LogP contribution in [-0.4, -0.2) is 43.0 Å². The van der Waals surface area contributed by atoms with E-state index < -0.39 is 0 Å². The maximum Gasteiger partial charge on any atom is 0.238 e. The summed E-state index contributed by atoms with van der Waals surface area (Å²) in [6.07, 6.45) is 2.37. The van der Waals surface area contributed by atoms with Gasteiger partial charge in [-0.25, -0.2) is 0 Å². The summed E-state index contributed by atoms with van der Waals surface area (Å²) in [7, 11) is 0. The zero-order chi connectivity index (χ0) is 15.2. The van der Waals surface area contributed by atoms with E-state index >= 15 is 0 Å². The van der Waals surface area contributed by atoms with Crippen molar-refractivity contribution in [2.45, 2.75) is 39.7 Å². The molecule has 1 atom stereocenters. The highest BCUT2D eigenvalue weighted by atomic mass is 16.2. The normalized spacial score (nSPS) is 18.8. The Morgan fingerprint density at radius 1 is 1.43 bits per heavy atom. The topological polar surface area (TPSA) is 44.4 Å². The lowest BCUT2D eigenvalue weighted by atomic mass is 10.1. The average molecular weight is 289 g/mol. The van der Waals surface area contributed by atoms with Crippen molar-refractivity contribution in [2.24, 2.45) is 0 Å². The lowest BCUT2D eigenvalue weighted by Crippen LogP contribution is -2.48. The summed E-state index contributed by atoms with van der Waals surface area (Å²) in [5, 5.41) is 6.47. The predicted octanol–water partition coefficient (Wildman–Crippen LogP) is 2.32. The van der Waals surface area contributed by atoms with Crippen LogP contribution in [0.25, 0.3) is 0 Å². The molecule has 2 N–H and O–H groups in total. The Morgan fingerprint density at radius 2 is 2.24 bits per heavy atom. The number of nitrogens with zero attached hydrogens (tertiary/aromatic N) is 1. The molecule has 1 unspecified atom stereocenters. The maximum absolute atomic E-state index is 12.3. The number of carbonyl (C=O) groups excluding carboxylic acids is 1. The van der Waals surface area contributed by atoms with Gasteiger partial charge in [-0.05, 0) is 57.0 Å². The van der Waals surface area contributed by atoms with Crippen molar-refractivity contribution in [3.63, 3.8) is 0 Å². The minimum atomic E-state index is 0.0797. The highest BCUT2D eigenvalue weighted by molar-refractivity contribution is 5.93. The highest BCUT2D eigenvalue weighted by Gasteiger charge is 2.21. The van der Waals surface area contributed by atoms with Gasteiger partial charge in [-0.3, -0.25) is 9.69 Å². The number of piperidine rings is 1. The van der Waals surface area contributed by atoms with Gasteiger partial charge in [0.05, 0.1) is 6.54 Å². The van der Waals surface area contributed by atoms with Crippen LogP contribution in [0.1, 0.15) is 30.9 Å². The van der Waals surface area contributed by atoms with Crippen LogP contribution in [0.2, 0.25) is 0 Å². The van der Waals surface area contributed by atoms with Gasteiger partial charge in [0.1, 0.15) is 0 Å². The van der Waals surface area contributed by atoms with E-state index in [1.165, 1.54) is 18.4 Å². The Morgan fingerprint density at radius 3 is 2.90 bits per heavy atom. The number of rotatable bonds is 5. The largest absolute Gasteiger partial charge is 0.325 e. The molecule has 1 saturated heterocycles. The standard InChI is InChI=1S/C17H27N3O/c1-4-20(15-8-6-10-18-11-15)12-17(21)19-16-9-5-7-13(2)14(16)3/h5,7,9,15,18H,4,6,8,10-12H2,1-3H3,(H,19,21). The van der Waals surface area contributed by atoms with Gasteiger partial charge in [-0.2, -0.15) is 0 Å². The van der Waals surface area contributed by atoms with E-state index in [2.05, 4.69) is 35.4 Å². The van der Waals surface area contributed by atoms with Gasteiger partial charge in [0, 0.05) is 18.3 Å². The number of hydrogen-bond acceptors (Lipinski definition) is 3. The SMILES string of the molecule is CCN(CC(=O)Nc1cccc(C)c1C)C1CCCNC1. The molecule has 1 aromatic rings. The van der Waals surface area contributed by atoms with Crippen LogP contribution in [0, 0.1) is 13.8 Å². The van der Waals surface area contributed by atoms with E-state index in [1.54, 1.807) is 0 Å². The van der Waals surface area contributed by atoms with Gasteiger partial charge in [-0.1, -0.05) is 19.1 Å². The first-order valence-electron chi connectivity index (χ1n) is 7.92. The molecule has 1 amide bonds. The molecule has 1 aromatic carbocycles. The smallest absolute Gasteiger partial charge is 0.238 e. The van der Waals surface area contributed by atoms with Crippen molar-refractivity contribution in [3.05, 3.63) is 29.3 Å². The van der Waals surface area contributed by atoms with E-state index in [0.717, 1.165) is 30.9 Å². The zero-order valence-corrected chi connectivity index (χ0v) is 13.4. The quantitative estimate of drug-likeness (QED) is 0.874. The fourth-order valence-electron chi connectivity index (χ4n) is 2.90. The van der Waals surface area contributed by atoms with Crippen LogP contribution < -0.4 is 10.6 Å². The van der Waals surface area contributed by atoms with Crippen molar-refractivity contribution < 1.29 is 4.79 Å². The van der Waals surface area contributed by atoms with Crippen LogP contribution >= 0.6 is 0 Å². The number of benzene rings is 1. The van der Waals surface area contributed by atoms with E-state index in [4.69, 9.17) is 0 Å². The van der Waals surface area contributed by atoms with E-state index in [9.17, 15) is 4.79 Å². The number of nitrogens with one attached hydrogen (secondary N) is 2. The number of amides is 1. The van der Waals surface area contributed by atoms with Gasteiger partial charge >= 0.3 is 0 Å². The van der Waals surface area contributed by atoms with Gasteiger partial charge in [0.15, 0.2) is 0 Å². The number of anilines is 1. The second kappa shape index (κ2) is 7.57. The Hall–Kier alpha value is -1.39. The van der Waals surface area contributed by atoms with Crippen molar-refractivity contribution >= 4 is 11.6 Å². The lowest BCUT2D eigenvalue weighted by Gasteiger charge is -2.33. The maximum atomic E-state index is 12.3. The van der Waals surface area contributed by atoms with Crippen LogP contribution in [0.5, 0.6) is 0 Å². The zero-order valence-electron chi connectivity index (χ0n) is 13.4. The van der Waals surface area contributed by atoms with Crippen molar-refractivity contribution in [2.75, 3.05) is 31.5 Å². The first-order valence-corrected chi connectivity index (χ1v) is 7.92. The summed E-state index contributed by atoms with van der Waals surface area (Å²) in [4.78, 5) is 14.6. The third kappa shape index (κ3) is 4.29. The minimum Gasteiger partial charge on any atom is -0.325 e. The molecule has 1 heterocycles. The van der Waals surface area contributed by atoms with Gasteiger partial charge in [-0.15, -0.1) is 0 Å². The molecule has 116 valence electrons. The van der Waals surface area contributed by atoms with Gasteiger partial charge in [0.25, 0.3) is 0 Å². The number of hydrogen-bond donors (Lipinski definition) is 2. The Labute approximate surface area is 127 Å². The van der Waals surface area contributed by atoms with Crippen LogP contribution in [0.4, 0.5) is 5.69 Å². The number of aryl methyl sites for hydroxylation is 1.